The maximum absolute atomic E-state index is 13.4. The van der Waals surface area contributed by atoms with Crippen molar-refractivity contribution in [3.63, 3.8) is 0 Å². The van der Waals surface area contributed by atoms with Crippen molar-refractivity contribution < 1.29 is 29.0 Å². The molecule has 34 heavy (non-hydrogen) atoms. The number of amides is 3. The number of carbonyl (C=O) groups excluding carboxylic acids is 3. The lowest BCUT2D eigenvalue weighted by Crippen LogP contribution is -2.53. The molecule has 0 spiro atoms. The van der Waals surface area contributed by atoms with Crippen molar-refractivity contribution in [2.24, 2.45) is 5.92 Å². The third-order valence-electron chi connectivity index (χ3n) is 6.25. The monoisotopic (exact) mass is 473 g/mol. The van der Waals surface area contributed by atoms with E-state index in [0.717, 1.165) is 5.56 Å². The first-order valence-corrected chi connectivity index (χ1v) is 11.9. The number of carbonyl (C=O) groups is 4. The Bertz CT molecular complexity index is 890. The molecule has 9 heteroatoms. The summed E-state index contributed by atoms with van der Waals surface area (Å²) in [6.07, 6.45) is 1.79. The number of nitrogens with zero attached hydrogens (tertiary/aromatic N) is 2. The van der Waals surface area contributed by atoms with Gasteiger partial charge in [-0.05, 0) is 52.0 Å². The molecule has 2 aliphatic rings. The van der Waals surface area contributed by atoms with E-state index < -0.39 is 29.7 Å². The van der Waals surface area contributed by atoms with Crippen LogP contribution < -0.4 is 5.32 Å². The molecule has 0 saturated carbocycles. The molecule has 0 aliphatic carbocycles. The fourth-order valence-electron chi connectivity index (χ4n) is 4.59. The first-order chi connectivity index (χ1) is 16.0. The van der Waals surface area contributed by atoms with E-state index >= 15 is 0 Å². The van der Waals surface area contributed by atoms with Crippen molar-refractivity contribution in [1.29, 1.82) is 0 Å². The highest BCUT2D eigenvalue weighted by molar-refractivity contribution is 5.87. The second kappa shape index (κ2) is 10.9. The standard InChI is InChI=1S/C25H35N3O6/c1-25(2,3)34-24(33)26-19(16-17-8-5-4-6-9-17)22(30)27-14-11-18(12-15-27)21(29)28-13-7-10-20(28)23(31)32/h4-6,8-9,18-20H,7,10-16H2,1-3H3,(H,26,33)(H,31,32)/t19-,20-/m0/s1. The molecule has 1 aromatic rings. The lowest BCUT2D eigenvalue weighted by atomic mass is 9.94. The number of ether oxygens (including phenoxy) is 1. The molecule has 0 bridgehead atoms. The van der Waals surface area contributed by atoms with Crippen LogP contribution in [0.25, 0.3) is 0 Å². The quantitative estimate of drug-likeness (QED) is 0.656. The third kappa shape index (κ3) is 6.71. The normalized spacial score (nSPS) is 20.0. The summed E-state index contributed by atoms with van der Waals surface area (Å²) >= 11 is 0. The van der Waals surface area contributed by atoms with Crippen molar-refractivity contribution >= 4 is 23.9 Å². The van der Waals surface area contributed by atoms with Gasteiger partial charge in [0.05, 0.1) is 0 Å². The van der Waals surface area contributed by atoms with E-state index in [1.807, 2.05) is 30.3 Å². The number of carboxylic acids is 1. The first-order valence-electron chi connectivity index (χ1n) is 11.9. The molecule has 2 fully saturated rings. The Morgan fingerprint density at radius 2 is 1.71 bits per heavy atom. The van der Waals surface area contributed by atoms with Gasteiger partial charge >= 0.3 is 12.1 Å². The van der Waals surface area contributed by atoms with Crippen LogP contribution in [0.15, 0.2) is 30.3 Å². The predicted molar refractivity (Wildman–Crippen MR) is 125 cm³/mol. The number of alkyl carbamates (subject to hydrolysis) is 1. The Balaban J connectivity index is 1.63. The molecule has 3 amide bonds. The molecular weight excluding hydrogens is 438 g/mol. The van der Waals surface area contributed by atoms with Crippen LogP contribution in [0.4, 0.5) is 4.79 Å². The van der Waals surface area contributed by atoms with Crippen LogP contribution in [0, 0.1) is 5.92 Å². The van der Waals surface area contributed by atoms with Gasteiger partial charge in [0, 0.05) is 32.0 Å². The summed E-state index contributed by atoms with van der Waals surface area (Å²) in [6.45, 7) is 6.51. The van der Waals surface area contributed by atoms with Gasteiger partial charge in [-0.3, -0.25) is 9.59 Å². The summed E-state index contributed by atoms with van der Waals surface area (Å²) in [6, 6.07) is 7.90. The second-order valence-electron chi connectivity index (χ2n) is 10.0. The maximum atomic E-state index is 13.4. The Kier molecular flexibility index (Phi) is 8.17. The molecule has 186 valence electrons. The van der Waals surface area contributed by atoms with Crippen LogP contribution in [0.5, 0.6) is 0 Å². The van der Waals surface area contributed by atoms with Gasteiger partial charge < -0.3 is 25.0 Å². The van der Waals surface area contributed by atoms with Crippen molar-refractivity contribution in [2.75, 3.05) is 19.6 Å². The molecule has 1 aromatic carbocycles. The fourth-order valence-corrected chi connectivity index (χ4v) is 4.59. The average Bonchev–Trinajstić information content (AvgIpc) is 3.27. The number of likely N-dealkylation sites (tertiary alicyclic amines) is 2. The predicted octanol–water partition coefficient (Wildman–Crippen LogP) is 2.44. The Hall–Kier alpha value is -3.10. The first kappa shape index (κ1) is 25.5. The van der Waals surface area contributed by atoms with Gasteiger partial charge in [0.1, 0.15) is 17.7 Å². The molecule has 2 heterocycles. The number of carboxylic acid groups (broad SMARTS) is 1. The second-order valence-corrected chi connectivity index (χ2v) is 10.0. The minimum absolute atomic E-state index is 0.135. The number of benzene rings is 1. The summed E-state index contributed by atoms with van der Waals surface area (Å²) in [5, 5.41) is 12.1. The van der Waals surface area contributed by atoms with Gasteiger partial charge in [0.15, 0.2) is 0 Å². The summed E-state index contributed by atoms with van der Waals surface area (Å²) in [7, 11) is 0. The molecule has 2 N–H and O–H groups in total. The topological polar surface area (TPSA) is 116 Å². The van der Waals surface area contributed by atoms with Gasteiger partial charge in [-0.2, -0.15) is 0 Å². The zero-order valence-corrected chi connectivity index (χ0v) is 20.2. The van der Waals surface area contributed by atoms with Crippen LogP contribution in [-0.2, 0) is 25.5 Å². The Labute approximate surface area is 200 Å². The number of hydrogen-bond donors (Lipinski definition) is 2. The zero-order chi connectivity index (χ0) is 24.9. The molecule has 0 radical (unpaired) electrons. The van der Waals surface area contributed by atoms with E-state index in [0.29, 0.717) is 51.7 Å². The lowest BCUT2D eigenvalue weighted by molar-refractivity contribution is -0.151. The van der Waals surface area contributed by atoms with Crippen molar-refractivity contribution in [3.05, 3.63) is 35.9 Å². The molecule has 0 unspecified atom stereocenters. The molecule has 2 atom stereocenters. The molecule has 0 aromatic heterocycles. The number of rotatable bonds is 6. The molecule has 2 aliphatic heterocycles. The molecular formula is C25H35N3O6. The Morgan fingerprint density at radius 1 is 1.06 bits per heavy atom. The summed E-state index contributed by atoms with van der Waals surface area (Å²) < 4.78 is 5.36. The smallest absolute Gasteiger partial charge is 0.408 e. The maximum Gasteiger partial charge on any atom is 0.408 e. The van der Waals surface area contributed by atoms with Gasteiger partial charge in [0.25, 0.3) is 0 Å². The van der Waals surface area contributed by atoms with Crippen molar-refractivity contribution in [2.45, 2.75) is 70.6 Å². The van der Waals surface area contributed by atoms with E-state index in [1.54, 1.807) is 25.7 Å². The zero-order valence-electron chi connectivity index (χ0n) is 20.2. The van der Waals surface area contributed by atoms with Gasteiger partial charge in [-0.25, -0.2) is 9.59 Å². The third-order valence-corrected chi connectivity index (χ3v) is 6.25. The van der Waals surface area contributed by atoms with Crippen LogP contribution in [0.3, 0.4) is 0 Å². The minimum Gasteiger partial charge on any atom is -0.480 e. The van der Waals surface area contributed by atoms with Crippen LogP contribution in [0.2, 0.25) is 0 Å². The number of piperidine rings is 1. The Morgan fingerprint density at radius 3 is 2.29 bits per heavy atom. The number of nitrogens with one attached hydrogen (secondary N) is 1. The molecule has 9 nitrogen and oxygen atoms in total. The average molecular weight is 474 g/mol. The van der Waals surface area contributed by atoms with Crippen molar-refractivity contribution in [3.8, 4) is 0 Å². The number of aliphatic carboxylic acids is 1. The van der Waals surface area contributed by atoms with Crippen LogP contribution >= 0.6 is 0 Å². The van der Waals surface area contributed by atoms with E-state index in [4.69, 9.17) is 4.74 Å². The molecule has 2 saturated heterocycles. The fraction of sp³-hybridized carbons (Fsp3) is 0.600. The SMILES string of the molecule is CC(C)(C)OC(=O)N[C@@H](Cc1ccccc1)C(=O)N1CCC(C(=O)N2CCC[C@H]2C(=O)O)CC1. The summed E-state index contributed by atoms with van der Waals surface area (Å²) in [4.78, 5) is 53.3. The largest absolute Gasteiger partial charge is 0.480 e. The highest BCUT2D eigenvalue weighted by Crippen LogP contribution is 2.26. The van der Waals surface area contributed by atoms with Gasteiger partial charge in [-0.1, -0.05) is 30.3 Å². The van der Waals surface area contributed by atoms with Crippen molar-refractivity contribution in [1.82, 2.24) is 15.1 Å². The highest BCUT2D eigenvalue weighted by Gasteiger charge is 2.39. The van der Waals surface area contributed by atoms with Crippen LogP contribution in [0.1, 0.15) is 52.0 Å². The van der Waals surface area contributed by atoms with Gasteiger partial charge in [0.2, 0.25) is 11.8 Å². The minimum atomic E-state index is -0.963. The molecule has 3 rings (SSSR count). The van der Waals surface area contributed by atoms with E-state index in [1.165, 1.54) is 4.90 Å². The van der Waals surface area contributed by atoms with Crippen LogP contribution in [-0.4, -0.2) is 76.1 Å². The van der Waals surface area contributed by atoms with Gasteiger partial charge in [-0.15, -0.1) is 0 Å². The van der Waals surface area contributed by atoms with E-state index in [2.05, 4.69) is 5.32 Å². The number of hydrogen-bond acceptors (Lipinski definition) is 5. The van der Waals surface area contributed by atoms with E-state index in [9.17, 15) is 24.3 Å². The highest BCUT2D eigenvalue weighted by atomic mass is 16.6. The summed E-state index contributed by atoms with van der Waals surface area (Å²) in [5.74, 6) is -1.61. The lowest BCUT2D eigenvalue weighted by Gasteiger charge is -2.36. The van der Waals surface area contributed by atoms with E-state index in [-0.39, 0.29) is 17.7 Å². The summed E-state index contributed by atoms with van der Waals surface area (Å²) in [5.41, 5.74) is 0.225.